The van der Waals surface area contributed by atoms with Crippen LogP contribution in [-0.4, -0.2) is 36.9 Å². The van der Waals surface area contributed by atoms with E-state index in [0.29, 0.717) is 15.6 Å². The molecule has 25 heavy (non-hydrogen) atoms. The van der Waals surface area contributed by atoms with Crippen LogP contribution in [0.15, 0.2) is 47.4 Å². The van der Waals surface area contributed by atoms with Crippen LogP contribution >= 0.6 is 34.8 Å². The van der Waals surface area contributed by atoms with Gasteiger partial charge >= 0.3 is 5.97 Å². The fourth-order valence-electron chi connectivity index (χ4n) is 2.21. The fourth-order valence-corrected chi connectivity index (χ4v) is 4.13. The first kappa shape index (κ1) is 20.0. The minimum atomic E-state index is -4.02. The molecule has 0 fully saturated rings. The highest BCUT2D eigenvalue weighted by Gasteiger charge is 2.33. The molecule has 0 aromatic heterocycles. The van der Waals surface area contributed by atoms with Crippen molar-refractivity contribution in [1.82, 2.24) is 4.31 Å². The number of nitrogens with zero attached hydrogens (tertiary/aromatic N) is 1. The van der Waals surface area contributed by atoms with Crippen molar-refractivity contribution in [1.29, 1.82) is 0 Å². The fraction of sp³-hybridized carbons (Fsp3) is 0.188. The van der Waals surface area contributed by atoms with Crippen LogP contribution in [0.2, 0.25) is 15.1 Å². The Morgan fingerprint density at radius 2 is 1.64 bits per heavy atom. The molecule has 0 saturated carbocycles. The summed E-state index contributed by atoms with van der Waals surface area (Å²) < 4.78 is 26.2. The molecule has 0 amide bonds. The Hall–Kier alpha value is -1.31. The molecule has 0 saturated heterocycles. The van der Waals surface area contributed by atoms with Gasteiger partial charge in [0.1, 0.15) is 6.04 Å². The average molecular weight is 423 g/mol. The molecule has 134 valence electrons. The molecule has 2 aromatic carbocycles. The lowest BCUT2D eigenvalue weighted by Gasteiger charge is -2.24. The van der Waals surface area contributed by atoms with Gasteiger partial charge in [0.05, 0.1) is 4.90 Å². The van der Waals surface area contributed by atoms with Gasteiger partial charge in [0.25, 0.3) is 0 Å². The highest BCUT2D eigenvalue weighted by Crippen LogP contribution is 2.25. The van der Waals surface area contributed by atoms with Crippen molar-refractivity contribution in [3.05, 3.63) is 63.1 Å². The second kappa shape index (κ2) is 7.93. The standard InChI is InChI=1S/C16H14Cl3NO4S/c1-20(25(23,24)13-6-4-11(17)5-7-13)15(16(21)22)8-10-2-3-12(18)9-14(10)19/h2-7,9,15H,8H2,1H3,(H,21,22)/t15-/m1/s1. The van der Waals surface area contributed by atoms with Crippen LogP contribution in [-0.2, 0) is 21.2 Å². The molecular formula is C16H14Cl3NO4S. The van der Waals surface area contributed by atoms with Gasteiger partial charge in [-0.1, -0.05) is 40.9 Å². The Balaban J connectivity index is 2.35. The van der Waals surface area contributed by atoms with Gasteiger partial charge < -0.3 is 5.11 Å². The summed E-state index contributed by atoms with van der Waals surface area (Å²) in [6, 6.07) is 8.77. The molecule has 2 aromatic rings. The number of carboxylic acids is 1. The van der Waals surface area contributed by atoms with Crippen LogP contribution < -0.4 is 0 Å². The number of halogens is 3. The lowest BCUT2D eigenvalue weighted by Crippen LogP contribution is -2.43. The third-order valence-corrected chi connectivity index (χ3v) is 6.36. The van der Waals surface area contributed by atoms with Crippen molar-refractivity contribution in [2.45, 2.75) is 17.4 Å². The molecule has 5 nitrogen and oxygen atoms in total. The highest BCUT2D eigenvalue weighted by molar-refractivity contribution is 7.89. The van der Waals surface area contributed by atoms with E-state index in [0.717, 1.165) is 4.31 Å². The summed E-state index contributed by atoms with van der Waals surface area (Å²) in [6.07, 6.45) is -0.103. The lowest BCUT2D eigenvalue weighted by atomic mass is 10.1. The van der Waals surface area contributed by atoms with E-state index in [-0.39, 0.29) is 16.3 Å². The predicted molar refractivity (Wildman–Crippen MR) is 98.0 cm³/mol. The smallest absolute Gasteiger partial charge is 0.322 e. The molecule has 0 bridgehead atoms. The topological polar surface area (TPSA) is 74.7 Å². The number of hydrogen-bond donors (Lipinski definition) is 1. The maximum Gasteiger partial charge on any atom is 0.322 e. The molecule has 0 spiro atoms. The summed E-state index contributed by atoms with van der Waals surface area (Å²) >= 11 is 17.7. The maximum atomic E-state index is 12.7. The number of sulfonamides is 1. The summed E-state index contributed by atoms with van der Waals surface area (Å²) in [5.41, 5.74) is 0.483. The van der Waals surface area contributed by atoms with E-state index in [9.17, 15) is 18.3 Å². The molecule has 0 radical (unpaired) electrons. The number of aliphatic carboxylic acids is 1. The third-order valence-electron chi connectivity index (χ3n) is 3.64. The minimum Gasteiger partial charge on any atom is -0.480 e. The van der Waals surface area contributed by atoms with E-state index in [1.54, 1.807) is 12.1 Å². The van der Waals surface area contributed by atoms with Gasteiger partial charge in [-0.15, -0.1) is 0 Å². The van der Waals surface area contributed by atoms with E-state index in [4.69, 9.17) is 34.8 Å². The van der Waals surface area contributed by atoms with Gasteiger partial charge in [0.15, 0.2) is 0 Å². The van der Waals surface area contributed by atoms with E-state index in [1.165, 1.54) is 37.4 Å². The summed E-state index contributed by atoms with van der Waals surface area (Å²) in [5, 5.41) is 10.6. The van der Waals surface area contributed by atoms with Crippen LogP contribution in [0.25, 0.3) is 0 Å². The molecular weight excluding hydrogens is 409 g/mol. The predicted octanol–water partition coefficient (Wildman–Crippen LogP) is 3.96. The van der Waals surface area contributed by atoms with Crippen molar-refractivity contribution in [3.8, 4) is 0 Å². The molecule has 0 aliphatic heterocycles. The Morgan fingerprint density at radius 1 is 1.08 bits per heavy atom. The van der Waals surface area contributed by atoms with E-state index in [2.05, 4.69) is 0 Å². The Morgan fingerprint density at radius 3 is 2.16 bits per heavy atom. The Kier molecular flexibility index (Phi) is 6.35. The van der Waals surface area contributed by atoms with Crippen molar-refractivity contribution in [2.75, 3.05) is 7.05 Å². The van der Waals surface area contributed by atoms with Gasteiger partial charge in [-0.3, -0.25) is 4.79 Å². The quantitative estimate of drug-likeness (QED) is 0.764. The monoisotopic (exact) mass is 421 g/mol. The van der Waals surface area contributed by atoms with E-state index in [1.807, 2.05) is 0 Å². The minimum absolute atomic E-state index is 0.0483. The van der Waals surface area contributed by atoms with Gasteiger partial charge in [-0.05, 0) is 42.0 Å². The van der Waals surface area contributed by atoms with Crippen LogP contribution in [0.5, 0.6) is 0 Å². The second-order valence-electron chi connectivity index (χ2n) is 5.27. The molecule has 0 aliphatic carbocycles. The molecule has 0 aliphatic rings. The van der Waals surface area contributed by atoms with Gasteiger partial charge in [-0.25, -0.2) is 8.42 Å². The molecule has 1 N–H and O–H groups in total. The maximum absolute atomic E-state index is 12.7. The number of likely N-dealkylation sites (N-methyl/N-ethyl adjacent to an activating group) is 1. The molecule has 1 atom stereocenters. The molecule has 0 heterocycles. The van der Waals surface area contributed by atoms with Crippen molar-refractivity contribution >= 4 is 50.8 Å². The largest absolute Gasteiger partial charge is 0.480 e. The van der Waals surface area contributed by atoms with Crippen molar-refractivity contribution in [2.24, 2.45) is 0 Å². The summed E-state index contributed by atoms with van der Waals surface area (Å²) in [6.45, 7) is 0. The van der Waals surface area contributed by atoms with Crippen molar-refractivity contribution < 1.29 is 18.3 Å². The number of benzene rings is 2. The van der Waals surface area contributed by atoms with Gasteiger partial charge in [0.2, 0.25) is 10.0 Å². The zero-order valence-corrected chi connectivity index (χ0v) is 16.1. The molecule has 0 unspecified atom stereocenters. The SMILES string of the molecule is CN([C@H](Cc1ccc(Cl)cc1Cl)C(=O)O)S(=O)(=O)c1ccc(Cl)cc1. The number of carboxylic acid groups (broad SMARTS) is 1. The first-order valence-corrected chi connectivity index (χ1v) is 9.60. The number of hydrogen-bond acceptors (Lipinski definition) is 3. The lowest BCUT2D eigenvalue weighted by molar-refractivity contribution is -0.141. The third kappa shape index (κ3) is 4.65. The number of rotatable bonds is 6. The van der Waals surface area contributed by atoms with Gasteiger partial charge in [-0.2, -0.15) is 4.31 Å². The highest BCUT2D eigenvalue weighted by atomic mass is 35.5. The Bertz CT molecular complexity index is 885. The van der Waals surface area contributed by atoms with Crippen molar-refractivity contribution in [3.63, 3.8) is 0 Å². The normalized spacial score (nSPS) is 13.0. The summed E-state index contributed by atoms with van der Waals surface area (Å²) in [7, 11) is -2.80. The number of carbonyl (C=O) groups is 1. The summed E-state index contributed by atoms with van der Waals surface area (Å²) in [4.78, 5) is 11.6. The Labute approximate surface area is 160 Å². The molecule has 2 rings (SSSR count). The first-order chi connectivity index (χ1) is 11.6. The first-order valence-electron chi connectivity index (χ1n) is 7.03. The zero-order valence-electron chi connectivity index (χ0n) is 13.0. The van der Waals surface area contributed by atoms with Crippen LogP contribution in [0.4, 0.5) is 0 Å². The van der Waals surface area contributed by atoms with E-state index >= 15 is 0 Å². The molecule has 9 heteroatoms. The summed E-state index contributed by atoms with van der Waals surface area (Å²) in [5.74, 6) is -1.29. The zero-order chi connectivity index (χ0) is 18.8. The van der Waals surface area contributed by atoms with Crippen LogP contribution in [0, 0.1) is 0 Å². The van der Waals surface area contributed by atoms with Crippen LogP contribution in [0.3, 0.4) is 0 Å². The second-order valence-corrected chi connectivity index (χ2v) is 8.55. The van der Waals surface area contributed by atoms with E-state index < -0.39 is 22.0 Å². The average Bonchev–Trinajstić information content (AvgIpc) is 2.53. The van der Waals surface area contributed by atoms with Gasteiger partial charge in [0, 0.05) is 28.5 Å². The van der Waals surface area contributed by atoms with Crippen LogP contribution in [0.1, 0.15) is 5.56 Å².